The fourth-order valence-electron chi connectivity index (χ4n) is 2.21. The van der Waals surface area contributed by atoms with Crippen molar-refractivity contribution in [2.45, 2.75) is 39.0 Å². The van der Waals surface area contributed by atoms with Gasteiger partial charge in [0.2, 0.25) is 5.91 Å². The van der Waals surface area contributed by atoms with E-state index >= 15 is 0 Å². The van der Waals surface area contributed by atoms with Crippen molar-refractivity contribution >= 4 is 28.2 Å². The highest BCUT2D eigenvalue weighted by Gasteiger charge is 2.14. The molecular weight excluding hydrogens is 262 g/mol. The lowest BCUT2D eigenvalue weighted by Gasteiger charge is -2.11. The number of carbonyl (C=O) groups excluding carboxylic acids is 1. The number of aromatic carboxylic acids is 1. The first kappa shape index (κ1) is 13.8. The first-order valence-corrected chi connectivity index (χ1v) is 7.19. The predicted molar refractivity (Wildman–Crippen MR) is 75.8 cm³/mol. The molecule has 0 spiro atoms. The zero-order valence-corrected chi connectivity index (χ0v) is 11.7. The molecule has 0 aromatic carbocycles. The van der Waals surface area contributed by atoms with Crippen molar-refractivity contribution in [1.82, 2.24) is 0 Å². The summed E-state index contributed by atoms with van der Waals surface area (Å²) >= 11 is 1.11. The number of nitrogens with one attached hydrogen (secondary N) is 1. The van der Waals surface area contributed by atoms with Crippen LogP contribution in [0.3, 0.4) is 0 Å². The van der Waals surface area contributed by atoms with Gasteiger partial charge in [0.05, 0.1) is 5.00 Å². The standard InChI is InChI=1S/C14H17NO3S/c1-9-7-12(19-13(9)14(17)18)15-11(16)8-10-5-3-2-4-6-10/h5,7H,2-4,6,8H2,1H3,(H,15,16)(H,17,18). The number of anilines is 1. The second kappa shape index (κ2) is 6.02. The summed E-state index contributed by atoms with van der Waals surface area (Å²) in [6.45, 7) is 1.74. The van der Waals surface area contributed by atoms with Crippen molar-refractivity contribution in [2.75, 3.05) is 5.32 Å². The van der Waals surface area contributed by atoms with E-state index in [1.165, 1.54) is 12.0 Å². The van der Waals surface area contributed by atoms with Crippen molar-refractivity contribution < 1.29 is 14.7 Å². The van der Waals surface area contributed by atoms with Gasteiger partial charge in [-0.25, -0.2) is 4.79 Å². The van der Waals surface area contributed by atoms with E-state index in [1.807, 2.05) is 0 Å². The Balaban J connectivity index is 1.97. The number of hydrogen-bond donors (Lipinski definition) is 2. The Morgan fingerprint density at radius 3 is 2.79 bits per heavy atom. The van der Waals surface area contributed by atoms with Gasteiger partial charge < -0.3 is 10.4 Å². The lowest BCUT2D eigenvalue weighted by molar-refractivity contribution is -0.115. The van der Waals surface area contributed by atoms with Crippen LogP contribution in [0, 0.1) is 6.92 Å². The number of aryl methyl sites for hydroxylation is 1. The fraction of sp³-hybridized carbons (Fsp3) is 0.429. The summed E-state index contributed by atoms with van der Waals surface area (Å²) in [5, 5.41) is 12.4. The fourth-order valence-corrected chi connectivity index (χ4v) is 3.14. The smallest absolute Gasteiger partial charge is 0.346 e. The van der Waals surface area contributed by atoms with E-state index in [1.54, 1.807) is 13.0 Å². The minimum atomic E-state index is -0.946. The van der Waals surface area contributed by atoms with Crippen LogP contribution in [0.1, 0.15) is 47.3 Å². The van der Waals surface area contributed by atoms with Crippen molar-refractivity contribution in [3.8, 4) is 0 Å². The molecule has 1 aromatic rings. The largest absolute Gasteiger partial charge is 0.477 e. The lowest BCUT2D eigenvalue weighted by atomic mass is 9.97. The van der Waals surface area contributed by atoms with Crippen molar-refractivity contribution in [3.05, 3.63) is 28.2 Å². The summed E-state index contributed by atoms with van der Waals surface area (Å²) in [5.41, 5.74) is 1.88. The molecule has 0 radical (unpaired) electrons. The molecule has 4 nitrogen and oxygen atoms in total. The number of amides is 1. The molecule has 0 fully saturated rings. The van der Waals surface area contributed by atoms with E-state index in [0.29, 0.717) is 17.0 Å². The molecule has 1 aromatic heterocycles. The molecule has 0 saturated heterocycles. The molecule has 1 aliphatic rings. The molecule has 19 heavy (non-hydrogen) atoms. The van der Waals surface area contributed by atoms with Crippen LogP contribution in [0.5, 0.6) is 0 Å². The SMILES string of the molecule is Cc1cc(NC(=O)CC2=CCCCC2)sc1C(=O)O. The summed E-state index contributed by atoms with van der Waals surface area (Å²) in [4.78, 5) is 23.1. The van der Waals surface area contributed by atoms with Gasteiger partial charge in [0.25, 0.3) is 0 Å². The number of carboxylic acids is 1. The Morgan fingerprint density at radius 2 is 2.21 bits per heavy atom. The Bertz CT molecular complexity index is 531. The minimum absolute atomic E-state index is 0.0636. The summed E-state index contributed by atoms with van der Waals surface area (Å²) < 4.78 is 0. The molecule has 1 amide bonds. The van der Waals surface area contributed by atoms with Gasteiger partial charge >= 0.3 is 5.97 Å². The normalized spacial score (nSPS) is 14.9. The number of allylic oxidation sites excluding steroid dienone is 1. The highest BCUT2D eigenvalue weighted by molar-refractivity contribution is 7.18. The zero-order chi connectivity index (χ0) is 13.8. The third kappa shape index (κ3) is 3.67. The third-order valence-electron chi connectivity index (χ3n) is 3.15. The van der Waals surface area contributed by atoms with Crippen LogP contribution in [-0.2, 0) is 4.79 Å². The molecule has 0 aliphatic heterocycles. The Labute approximate surface area is 116 Å². The molecule has 102 valence electrons. The molecule has 0 saturated carbocycles. The molecular formula is C14H17NO3S. The highest BCUT2D eigenvalue weighted by atomic mass is 32.1. The van der Waals surface area contributed by atoms with Gasteiger partial charge in [-0.15, -0.1) is 11.3 Å². The van der Waals surface area contributed by atoms with Crippen LogP contribution >= 0.6 is 11.3 Å². The first-order chi connectivity index (χ1) is 9.06. The zero-order valence-electron chi connectivity index (χ0n) is 10.9. The van der Waals surface area contributed by atoms with Gasteiger partial charge in [-0.3, -0.25) is 4.79 Å². The van der Waals surface area contributed by atoms with Crippen LogP contribution in [0.4, 0.5) is 5.00 Å². The summed E-state index contributed by atoms with van der Waals surface area (Å²) in [5.74, 6) is -1.01. The van der Waals surface area contributed by atoms with Crippen molar-refractivity contribution in [1.29, 1.82) is 0 Å². The van der Waals surface area contributed by atoms with Gasteiger partial charge in [0, 0.05) is 6.42 Å². The first-order valence-electron chi connectivity index (χ1n) is 6.38. The summed E-state index contributed by atoms with van der Waals surface area (Å²) in [6, 6.07) is 1.71. The third-order valence-corrected chi connectivity index (χ3v) is 4.29. The van der Waals surface area contributed by atoms with E-state index in [2.05, 4.69) is 11.4 Å². The van der Waals surface area contributed by atoms with Crippen molar-refractivity contribution in [2.24, 2.45) is 0 Å². The van der Waals surface area contributed by atoms with Crippen LogP contribution in [0.25, 0.3) is 0 Å². The molecule has 5 heteroatoms. The highest BCUT2D eigenvalue weighted by Crippen LogP contribution is 2.27. The maximum absolute atomic E-state index is 11.9. The molecule has 2 N–H and O–H groups in total. The second-order valence-corrected chi connectivity index (χ2v) is 5.81. The van der Waals surface area contributed by atoms with E-state index in [-0.39, 0.29) is 10.8 Å². The summed E-state index contributed by atoms with van der Waals surface area (Å²) in [7, 11) is 0. The van der Waals surface area contributed by atoms with E-state index < -0.39 is 5.97 Å². The van der Waals surface area contributed by atoms with Gasteiger partial charge in [-0.05, 0) is 44.2 Å². The van der Waals surface area contributed by atoms with Crippen LogP contribution in [-0.4, -0.2) is 17.0 Å². The van der Waals surface area contributed by atoms with Crippen LogP contribution in [0.2, 0.25) is 0 Å². The second-order valence-electron chi connectivity index (χ2n) is 4.76. The maximum Gasteiger partial charge on any atom is 0.346 e. The summed E-state index contributed by atoms with van der Waals surface area (Å²) in [6.07, 6.45) is 6.98. The lowest BCUT2D eigenvalue weighted by Crippen LogP contribution is -2.12. The topological polar surface area (TPSA) is 66.4 Å². The van der Waals surface area contributed by atoms with E-state index in [0.717, 1.165) is 30.6 Å². The number of hydrogen-bond acceptors (Lipinski definition) is 3. The molecule has 0 atom stereocenters. The van der Waals surface area contributed by atoms with Gasteiger partial charge in [0.15, 0.2) is 0 Å². The predicted octanol–water partition coefficient (Wildman–Crippen LogP) is 3.58. The Hall–Kier alpha value is -1.62. The number of thiophene rings is 1. The van der Waals surface area contributed by atoms with E-state index in [4.69, 9.17) is 5.11 Å². The molecule has 2 rings (SSSR count). The molecule has 1 heterocycles. The molecule has 0 bridgehead atoms. The number of carbonyl (C=O) groups is 2. The average Bonchev–Trinajstić information content (AvgIpc) is 2.71. The van der Waals surface area contributed by atoms with Gasteiger partial charge in [-0.2, -0.15) is 0 Å². The monoisotopic (exact) mass is 279 g/mol. The average molecular weight is 279 g/mol. The van der Waals surface area contributed by atoms with Gasteiger partial charge in [0.1, 0.15) is 4.88 Å². The van der Waals surface area contributed by atoms with Crippen LogP contribution < -0.4 is 5.32 Å². The van der Waals surface area contributed by atoms with Crippen LogP contribution in [0.15, 0.2) is 17.7 Å². The quantitative estimate of drug-likeness (QED) is 0.828. The number of carboxylic acid groups (broad SMARTS) is 1. The maximum atomic E-state index is 11.9. The molecule has 1 aliphatic carbocycles. The van der Waals surface area contributed by atoms with Gasteiger partial charge in [-0.1, -0.05) is 11.6 Å². The van der Waals surface area contributed by atoms with Crippen molar-refractivity contribution in [3.63, 3.8) is 0 Å². The number of rotatable bonds is 4. The minimum Gasteiger partial charge on any atom is -0.477 e. The Morgan fingerprint density at radius 1 is 1.42 bits per heavy atom. The Kier molecular flexibility index (Phi) is 4.37. The molecule has 0 unspecified atom stereocenters. The van der Waals surface area contributed by atoms with E-state index in [9.17, 15) is 9.59 Å².